The fourth-order valence-corrected chi connectivity index (χ4v) is 2.96. The van der Waals surface area contributed by atoms with Crippen molar-refractivity contribution in [2.45, 2.75) is 44.3 Å². The second-order valence-electron chi connectivity index (χ2n) is 5.34. The van der Waals surface area contributed by atoms with Crippen LogP contribution in [0.2, 0.25) is 0 Å². The van der Waals surface area contributed by atoms with Crippen LogP contribution < -0.4 is 5.32 Å². The molecule has 3 nitrogen and oxygen atoms in total. The van der Waals surface area contributed by atoms with Gasteiger partial charge in [-0.2, -0.15) is 18.4 Å². The van der Waals surface area contributed by atoms with Crippen molar-refractivity contribution in [1.82, 2.24) is 10.2 Å². The molecule has 0 heterocycles. The molecule has 19 heavy (non-hydrogen) atoms. The van der Waals surface area contributed by atoms with Gasteiger partial charge in [0.05, 0.1) is 12.6 Å². The summed E-state index contributed by atoms with van der Waals surface area (Å²) in [5.41, 5.74) is -0.534. The van der Waals surface area contributed by atoms with Crippen LogP contribution in [0.25, 0.3) is 0 Å². The molecular formula is C13H22F3N3. The van der Waals surface area contributed by atoms with Crippen LogP contribution in [0.15, 0.2) is 0 Å². The number of hydrogen-bond donors (Lipinski definition) is 1. The molecule has 1 aliphatic rings. The zero-order chi connectivity index (χ0) is 14.5. The number of nitrogens with zero attached hydrogens (tertiary/aromatic N) is 2. The summed E-state index contributed by atoms with van der Waals surface area (Å²) in [6.45, 7) is 2.15. The van der Waals surface area contributed by atoms with Crippen LogP contribution in [-0.4, -0.2) is 43.3 Å². The first kappa shape index (κ1) is 16.3. The number of nitriles is 1. The first-order valence-electron chi connectivity index (χ1n) is 6.74. The van der Waals surface area contributed by atoms with Crippen LogP contribution >= 0.6 is 0 Å². The van der Waals surface area contributed by atoms with Gasteiger partial charge in [0.1, 0.15) is 5.54 Å². The molecule has 1 N–H and O–H groups in total. The molecule has 0 aromatic heterocycles. The lowest BCUT2D eigenvalue weighted by atomic mass is 9.85. The van der Waals surface area contributed by atoms with Gasteiger partial charge >= 0.3 is 6.18 Å². The minimum Gasteiger partial charge on any atom is -0.299 e. The second-order valence-corrected chi connectivity index (χ2v) is 5.34. The van der Waals surface area contributed by atoms with Crippen molar-refractivity contribution in [2.75, 3.05) is 26.7 Å². The Labute approximate surface area is 112 Å². The standard InChI is InChI=1S/C13H22F3N3/c1-3-18-12(9-17)7-4-5-11(12)6-8-19(2)10-13(14,15)16/h11,18H,3-8,10H2,1-2H3. The van der Waals surface area contributed by atoms with Gasteiger partial charge < -0.3 is 0 Å². The molecule has 0 bridgehead atoms. The summed E-state index contributed by atoms with van der Waals surface area (Å²) in [4.78, 5) is 1.28. The largest absolute Gasteiger partial charge is 0.401 e. The van der Waals surface area contributed by atoms with Crippen LogP contribution in [0.5, 0.6) is 0 Å². The van der Waals surface area contributed by atoms with Crippen molar-refractivity contribution >= 4 is 0 Å². The average molecular weight is 277 g/mol. The first-order chi connectivity index (χ1) is 8.83. The van der Waals surface area contributed by atoms with Crippen molar-refractivity contribution < 1.29 is 13.2 Å². The Bertz CT molecular complexity index is 324. The molecule has 1 aliphatic carbocycles. The van der Waals surface area contributed by atoms with E-state index in [1.54, 1.807) is 0 Å². The van der Waals surface area contributed by atoms with Crippen LogP contribution in [0.4, 0.5) is 13.2 Å². The highest BCUT2D eigenvalue weighted by Gasteiger charge is 2.42. The summed E-state index contributed by atoms with van der Waals surface area (Å²) < 4.78 is 36.7. The van der Waals surface area contributed by atoms with Crippen molar-refractivity contribution in [1.29, 1.82) is 5.26 Å². The second kappa shape index (κ2) is 6.58. The van der Waals surface area contributed by atoms with Crippen molar-refractivity contribution in [2.24, 2.45) is 5.92 Å². The van der Waals surface area contributed by atoms with Crippen molar-refractivity contribution in [3.63, 3.8) is 0 Å². The normalized spacial score (nSPS) is 27.7. The molecule has 0 aromatic carbocycles. The highest BCUT2D eigenvalue weighted by molar-refractivity contribution is 5.14. The minimum atomic E-state index is -4.15. The fraction of sp³-hybridized carbons (Fsp3) is 0.923. The molecule has 0 saturated heterocycles. The first-order valence-corrected chi connectivity index (χ1v) is 6.74. The van der Waals surface area contributed by atoms with E-state index in [9.17, 15) is 18.4 Å². The maximum atomic E-state index is 12.2. The van der Waals surface area contributed by atoms with Crippen LogP contribution in [-0.2, 0) is 0 Å². The van der Waals surface area contributed by atoms with Gasteiger partial charge in [-0.15, -0.1) is 0 Å². The maximum Gasteiger partial charge on any atom is 0.401 e. The molecule has 1 fully saturated rings. The van der Waals surface area contributed by atoms with E-state index < -0.39 is 18.3 Å². The number of halogens is 3. The number of rotatable bonds is 6. The molecule has 0 aromatic rings. The van der Waals surface area contributed by atoms with E-state index >= 15 is 0 Å². The van der Waals surface area contributed by atoms with E-state index in [0.29, 0.717) is 19.5 Å². The highest BCUT2D eigenvalue weighted by atomic mass is 19.4. The van der Waals surface area contributed by atoms with Gasteiger partial charge in [0.2, 0.25) is 0 Å². The lowest BCUT2D eigenvalue weighted by molar-refractivity contribution is -0.143. The summed E-state index contributed by atoms with van der Waals surface area (Å²) in [6.07, 6.45) is -0.842. The minimum absolute atomic E-state index is 0.146. The molecule has 110 valence electrons. The van der Waals surface area contributed by atoms with E-state index in [1.165, 1.54) is 11.9 Å². The monoisotopic (exact) mass is 277 g/mol. The Kier molecular flexibility index (Phi) is 5.63. The predicted molar refractivity (Wildman–Crippen MR) is 67.5 cm³/mol. The highest BCUT2D eigenvalue weighted by Crippen LogP contribution is 2.37. The molecular weight excluding hydrogens is 255 g/mol. The summed E-state index contributed by atoms with van der Waals surface area (Å²) in [5.74, 6) is 0.146. The van der Waals surface area contributed by atoms with E-state index in [4.69, 9.17) is 0 Å². The molecule has 0 amide bonds. The van der Waals surface area contributed by atoms with Crippen LogP contribution in [0.3, 0.4) is 0 Å². The molecule has 2 unspecified atom stereocenters. The molecule has 0 spiro atoms. The van der Waals surface area contributed by atoms with Crippen LogP contribution in [0.1, 0.15) is 32.6 Å². The zero-order valence-electron chi connectivity index (χ0n) is 11.6. The van der Waals surface area contributed by atoms with Gasteiger partial charge in [0.15, 0.2) is 0 Å². The quantitative estimate of drug-likeness (QED) is 0.811. The van der Waals surface area contributed by atoms with Gasteiger partial charge in [-0.05, 0) is 45.3 Å². The van der Waals surface area contributed by atoms with Crippen molar-refractivity contribution in [3.8, 4) is 6.07 Å². The summed E-state index contributed by atoms with van der Waals surface area (Å²) >= 11 is 0. The Hall–Kier alpha value is -0.800. The van der Waals surface area contributed by atoms with Crippen molar-refractivity contribution in [3.05, 3.63) is 0 Å². The Morgan fingerprint density at radius 3 is 2.68 bits per heavy atom. The third-order valence-electron chi connectivity index (χ3n) is 3.82. The third-order valence-corrected chi connectivity index (χ3v) is 3.82. The zero-order valence-corrected chi connectivity index (χ0v) is 11.6. The Morgan fingerprint density at radius 2 is 2.16 bits per heavy atom. The van der Waals surface area contributed by atoms with Gasteiger partial charge in [-0.25, -0.2) is 0 Å². The van der Waals surface area contributed by atoms with Gasteiger partial charge in [-0.1, -0.05) is 13.3 Å². The summed E-state index contributed by atoms with van der Waals surface area (Å²) in [7, 11) is 1.48. The smallest absolute Gasteiger partial charge is 0.299 e. The summed E-state index contributed by atoms with van der Waals surface area (Å²) in [6, 6.07) is 2.35. The molecule has 6 heteroatoms. The number of alkyl halides is 3. The molecule has 1 rings (SSSR count). The van der Waals surface area contributed by atoms with E-state index in [1.807, 2.05) is 6.92 Å². The summed E-state index contributed by atoms with van der Waals surface area (Å²) in [5, 5.41) is 12.6. The Morgan fingerprint density at radius 1 is 1.47 bits per heavy atom. The maximum absolute atomic E-state index is 12.2. The number of hydrogen-bond acceptors (Lipinski definition) is 3. The van der Waals surface area contributed by atoms with E-state index in [-0.39, 0.29) is 5.92 Å². The SMILES string of the molecule is CCNC1(C#N)CCCC1CCN(C)CC(F)(F)F. The molecule has 2 atom stereocenters. The van der Waals surface area contributed by atoms with Crippen LogP contribution in [0, 0.1) is 17.2 Å². The number of nitrogens with one attached hydrogen (secondary N) is 1. The van der Waals surface area contributed by atoms with Gasteiger partial charge in [0, 0.05) is 0 Å². The average Bonchev–Trinajstić information content (AvgIpc) is 2.68. The third kappa shape index (κ3) is 4.66. The topological polar surface area (TPSA) is 39.1 Å². The van der Waals surface area contributed by atoms with E-state index in [0.717, 1.165) is 19.3 Å². The predicted octanol–water partition coefficient (Wildman–Crippen LogP) is 2.54. The van der Waals surface area contributed by atoms with Gasteiger partial charge in [-0.3, -0.25) is 10.2 Å². The lowest BCUT2D eigenvalue weighted by Gasteiger charge is -2.31. The lowest BCUT2D eigenvalue weighted by Crippen LogP contribution is -2.47. The Balaban J connectivity index is 2.50. The van der Waals surface area contributed by atoms with Gasteiger partial charge in [0.25, 0.3) is 0 Å². The molecule has 1 saturated carbocycles. The molecule has 0 aliphatic heterocycles. The molecule has 0 radical (unpaired) electrons. The van der Waals surface area contributed by atoms with E-state index in [2.05, 4.69) is 11.4 Å². The fourth-order valence-electron chi connectivity index (χ4n) is 2.96.